The van der Waals surface area contributed by atoms with Gasteiger partial charge in [-0.2, -0.15) is 4.31 Å². The van der Waals surface area contributed by atoms with Gasteiger partial charge in [-0.25, -0.2) is 8.42 Å². The van der Waals surface area contributed by atoms with Gasteiger partial charge in [-0.3, -0.25) is 4.79 Å². The highest BCUT2D eigenvalue weighted by Crippen LogP contribution is 2.43. The van der Waals surface area contributed by atoms with Crippen LogP contribution in [0.15, 0.2) is 53.4 Å². The standard InChI is InChI=1S/C26H36N4O3S/c1-29(2)24-13-12-22(34(32,33)30-16-7-4-8-17-30)18-23(24)27-19-25(31)28-20-26(14-9-15-26)21-10-5-3-6-11-21/h3,5-6,10-13,18,27H,4,7-9,14-17,19-20H2,1-2H3,(H,28,31). The third kappa shape index (κ3) is 5.23. The van der Waals surface area contributed by atoms with Crippen LogP contribution in [0.5, 0.6) is 0 Å². The van der Waals surface area contributed by atoms with Gasteiger partial charge in [0.2, 0.25) is 15.9 Å². The lowest BCUT2D eigenvalue weighted by atomic mass is 9.64. The Morgan fingerprint density at radius 2 is 1.71 bits per heavy atom. The molecule has 2 aromatic carbocycles. The summed E-state index contributed by atoms with van der Waals surface area (Å²) in [5.74, 6) is -0.101. The summed E-state index contributed by atoms with van der Waals surface area (Å²) in [5, 5.41) is 6.28. The quantitative estimate of drug-likeness (QED) is 0.569. The Labute approximate surface area is 203 Å². The minimum absolute atomic E-state index is 0.0220. The van der Waals surface area contributed by atoms with Crippen LogP contribution in [0.3, 0.4) is 0 Å². The van der Waals surface area contributed by atoms with E-state index in [0.29, 0.717) is 25.3 Å². The Morgan fingerprint density at radius 1 is 1.00 bits per heavy atom. The average Bonchev–Trinajstić information content (AvgIpc) is 2.83. The number of carbonyl (C=O) groups is 1. The lowest BCUT2D eigenvalue weighted by Crippen LogP contribution is -2.46. The fraction of sp³-hybridized carbons (Fsp3) is 0.500. The summed E-state index contributed by atoms with van der Waals surface area (Å²) < 4.78 is 27.9. The van der Waals surface area contributed by atoms with Crippen LogP contribution in [-0.2, 0) is 20.2 Å². The molecule has 1 saturated heterocycles. The zero-order valence-electron chi connectivity index (χ0n) is 20.2. The monoisotopic (exact) mass is 484 g/mol. The molecule has 2 aliphatic rings. The van der Waals surface area contributed by atoms with Crippen LogP contribution in [0.1, 0.15) is 44.1 Å². The molecule has 184 valence electrons. The second-order valence-corrected chi connectivity index (χ2v) is 11.6. The van der Waals surface area contributed by atoms with Crippen molar-refractivity contribution in [3.05, 3.63) is 54.1 Å². The Morgan fingerprint density at radius 3 is 2.32 bits per heavy atom. The van der Waals surface area contributed by atoms with E-state index in [2.05, 4.69) is 22.8 Å². The number of sulfonamides is 1. The van der Waals surface area contributed by atoms with Gasteiger partial charge in [0, 0.05) is 39.1 Å². The van der Waals surface area contributed by atoms with Gasteiger partial charge in [0.25, 0.3) is 0 Å². The minimum atomic E-state index is -3.55. The van der Waals surface area contributed by atoms with Gasteiger partial charge in [0.05, 0.1) is 22.8 Å². The molecule has 4 rings (SSSR count). The fourth-order valence-electron chi connectivity index (χ4n) is 4.93. The van der Waals surface area contributed by atoms with E-state index in [0.717, 1.165) is 37.8 Å². The molecule has 7 nitrogen and oxygen atoms in total. The maximum atomic E-state index is 13.2. The van der Waals surface area contributed by atoms with Crippen molar-refractivity contribution in [2.75, 3.05) is 50.5 Å². The van der Waals surface area contributed by atoms with Crippen molar-refractivity contribution in [2.45, 2.75) is 48.8 Å². The van der Waals surface area contributed by atoms with Gasteiger partial charge in [-0.05, 0) is 49.4 Å². The molecule has 2 N–H and O–H groups in total. The van der Waals surface area contributed by atoms with Gasteiger partial charge in [-0.15, -0.1) is 0 Å². The van der Waals surface area contributed by atoms with Crippen molar-refractivity contribution in [3.8, 4) is 0 Å². The first-order valence-corrected chi connectivity index (χ1v) is 13.6. The SMILES string of the molecule is CN(C)c1ccc(S(=O)(=O)N2CCCCC2)cc1NCC(=O)NCC1(c2ccccc2)CCC1. The largest absolute Gasteiger partial charge is 0.376 e. The van der Waals surface area contributed by atoms with Crippen LogP contribution in [0, 0.1) is 0 Å². The van der Waals surface area contributed by atoms with E-state index in [1.54, 1.807) is 22.5 Å². The summed E-state index contributed by atoms with van der Waals surface area (Å²) in [6, 6.07) is 15.5. The van der Waals surface area contributed by atoms with Crippen LogP contribution in [0.25, 0.3) is 0 Å². The number of hydrogen-bond acceptors (Lipinski definition) is 5. The summed E-state index contributed by atoms with van der Waals surface area (Å²) in [6.45, 7) is 1.82. The Bertz CT molecular complexity index is 1090. The molecule has 1 saturated carbocycles. The number of nitrogens with zero attached hydrogens (tertiary/aromatic N) is 2. The number of benzene rings is 2. The molecule has 0 atom stereocenters. The highest BCUT2D eigenvalue weighted by Gasteiger charge is 2.38. The number of piperidine rings is 1. The topological polar surface area (TPSA) is 81.8 Å². The van der Waals surface area contributed by atoms with Crippen molar-refractivity contribution < 1.29 is 13.2 Å². The maximum absolute atomic E-state index is 13.2. The molecule has 0 aromatic heterocycles. The van der Waals surface area contributed by atoms with Gasteiger partial charge < -0.3 is 15.5 Å². The molecule has 2 fully saturated rings. The first kappa shape index (κ1) is 24.5. The van der Waals surface area contributed by atoms with Crippen LogP contribution in [-0.4, -0.2) is 58.9 Å². The maximum Gasteiger partial charge on any atom is 0.243 e. The summed E-state index contributed by atoms with van der Waals surface area (Å²) in [6.07, 6.45) is 6.18. The van der Waals surface area contributed by atoms with Crippen molar-refractivity contribution >= 4 is 27.3 Å². The number of rotatable bonds is 9. The molecular weight excluding hydrogens is 448 g/mol. The zero-order valence-corrected chi connectivity index (χ0v) is 21.0. The summed E-state index contributed by atoms with van der Waals surface area (Å²) in [5.41, 5.74) is 2.78. The number of anilines is 2. The van der Waals surface area contributed by atoms with E-state index in [4.69, 9.17) is 0 Å². The Kier molecular flexibility index (Phi) is 7.48. The molecule has 1 heterocycles. The van der Waals surface area contributed by atoms with Gasteiger partial charge in [0.1, 0.15) is 0 Å². The number of amides is 1. The van der Waals surface area contributed by atoms with E-state index < -0.39 is 10.0 Å². The zero-order chi connectivity index (χ0) is 24.2. The predicted molar refractivity (Wildman–Crippen MR) is 137 cm³/mol. The summed E-state index contributed by atoms with van der Waals surface area (Å²) in [4.78, 5) is 14.9. The molecule has 1 aliphatic heterocycles. The molecule has 2 aromatic rings. The predicted octanol–water partition coefficient (Wildman–Crippen LogP) is 3.58. The molecule has 8 heteroatoms. The van der Waals surface area contributed by atoms with Crippen LogP contribution >= 0.6 is 0 Å². The number of hydrogen-bond donors (Lipinski definition) is 2. The van der Waals surface area contributed by atoms with E-state index in [1.165, 1.54) is 12.0 Å². The summed E-state index contributed by atoms with van der Waals surface area (Å²) >= 11 is 0. The van der Waals surface area contributed by atoms with E-state index in [1.807, 2.05) is 37.2 Å². The first-order chi connectivity index (χ1) is 16.3. The minimum Gasteiger partial charge on any atom is -0.376 e. The molecule has 1 aliphatic carbocycles. The lowest BCUT2D eigenvalue weighted by molar-refractivity contribution is -0.119. The van der Waals surface area contributed by atoms with Gasteiger partial charge >= 0.3 is 0 Å². The van der Waals surface area contributed by atoms with E-state index in [-0.39, 0.29) is 22.8 Å². The Balaban J connectivity index is 1.43. The van der Waals surface area contributed by atoms with Crippen molar-refractivity contribution in [2.24, 2.45) is 0 Å². The molecule has 0 bridgehead atoms. The van der Waals surface area contributed by atoms with Gasteiger partial charge in [-0.1, -0.05) is 43.2 Å². The molecule has 1 amide bonds. The molecule has 34 heavy (non-hydrogen) atoms. The summed E-state index contributed by atoms with van der Waals surface area (Å²) in [7, 11) is 0.257. The van der Waals surface area contributed by atoms with Crippen LogP contribution in [0.2, 0.25) is 0 Å². The van der Waals surface area contributed by atoms with Crippen molar-refractivity contribution in [3.63, 3.8) is 0 Å². The third-order valence-corrected chi connectivity index (χ3v) is 9.06. The third-order valence-electron chi connectivity index (χ3n) is 7.16. The number of carbonyl (C=O) groups excluding carboxylic acids is 1. The normalized spacial score (nSPS) is 18.1. The fourth-order valence-corrected chi connectivity index (χ4v) is 6.47. The molecule has 0 spiro atoms. The van der Waals surface area contributed by atoms with E-state index >= 15 is 0 Å². The van der Waals surface area contributed by atoms with Crippen molar-refractivity contribution in [1.29, 1.82) is 0 Å². The first-order valence-electron chi connectivity index (χ1n) is 12.2. The number of nitrogens with one attached hydrogen (secondary N) is 2. The molecular formula is C26H36N4O3S. The van der Waals surface area contributed by atoms with E-state index in [9.17, 15) is 13.2 Å². The second-order valence-electron chi connectivity index (χ2n) is 9.67. The lowest BCUT2D eigenvalue weighted by Gasteiger charge is -2.42. The van der Waals surface area contributed by atoms with Crippen LogP contribution < -0.4 is 15.5 Å². The van der Waals surface area contributed by atoms with Gasteiger partial charge in [0.15, 0.2) is 0 Å². The second kappa shape index (κ2) is 10.4. The Hall–Kier alpha value is -2.58. The van der Waals surface area contributed by atoms with Crippen LogP contribution in [0.4, 0.5) is 11.4 Å². The molecule has 0 radical (unpaired) electrons. The highest BCUT2D eigenvalue weighted by molar-refractivity contribution is 7.89. The highest BCUT2D eigenvalue weighted by atomic mass is 32.2. The molecule has 0 unspecified atom stereocenters. The average molecular weight is 485 g/mol. The smallest absolute Gasteiger partial charge is 0.243 e. The van der Waals surface area contributed by atoms with Crippen molar-refractivity contribution in [1.82, 2.24) is 9.62 Å².